The van der Waals surface area contributed by atoms with Crippen molar-refractivity contribution in [2.24, 2.45) is 0 Å². The maximum Gasteiger partial charge on any atom is 0.0682 e. The third kappa shape index (κ3) is 2.92. The summed E-state index contributed by atoms with van der Waals surface area (Å²) >= 11 is 0. The first-order valence-corrected chi connectivity index (χ1v) is 5.09. The first-order chi connectivity index (χ1) is 7.40. The number of nitrogens with one attached hydrogen (secondary N) is 1. The molecule has 1 aromatic carbocycles. The molecule has 0 amide bonds. The minimum Gasteiger partial charge on any atom is -0.392 e. The van der Waals surface area contributed by atoms with Crippen LogP contribution < -0.4 is 0 Å². The normalized spacial score (nSPS) is 9.27. The van der Waals surface area contributed by atoms with Crippen LogP contribution in [0.3, 0.4) is 0 Å². The lowest BCUT2D eigenvalue weighted by Gasteiger charge is -1.99. The van der Waals surface area contributed by atoms with Crippen molar-refractivity contribution >= 4 is 0 Å². The highest BCUT2D eigenvalue weighted by Crippen LogP contribution is 2.17. The number of hydrogen-bond donors (Lipinski definition) is 2. The van der Waals surface area contributed by atoms with E-state index in [0.29, 0.717) is 0 Å². The maximum atomic E-state index is 8.93. The van der Waals surface area contributed by atoms with Gasteiger partial charge < -0.3 is 5.11 Å². The Labute approximate surface area is 89.8 Å². The van der Waals surface area contributed by atoms with E-state index in [1.807, 2.05) is 44.2 Å². The van der Waals surface area contributed by atoms with Crippen LogP contribution in [0.1, 0.15) is 19.4 Å². The molecule has 0 unspecified atom stereocenters. The highest BCUT2D eigenvalue weighted by molar-refractivity contribution is 5.59. The lowest BCUT2D eigenvalue weighted by Crippen LogP contribution is -1.84. The van der Waals surface area contributed by atoms with Gasteiger partial charge in [0, 0.05) is 6.20 Å². The minimum atomic E-state index is 0.0714. The van der Waals surface area contributed by atoms with Gasteiger partial charge in [0.25, 0.3) is 0 Å². The Morgan fingerprint density at radius 1 is 1.27 bits per heavy atom. The molecule has 2 aromatic rings. The second-order valence-corrected chi connectivity index (χ2v) is 2.83. The summed E-state index contributed by atoms with van der Waals surface area (Å²) < 4.78 is 0. The number of hydrogen-bond acceptors (Lipinski definition) is 2. The van der Waals surface area contributed by atoms with E-state index in [1.54, 1.807) is 6.20 Å². The van der Waals surface area contributed by atoms with E-state index >= 15 is 0 Å². The van der Waals surface area contributed by atoms with Gasteiger partial charge in [0.1, 0.15) is 0 Å². The van der Waals surface area contributed by atoms with Crippen molar-refractivity contribution in [2.75, 3.05) is 0 Å². The van der Waals surface area contributed by atoms with Gasteiger partial charge in [0.2, 0.25) is 0 Å². The van der Waals surface area contributed by atoms with E-state index in [-0.39, 0.29) is 6.61 Å². The molecule has 0 bridgehead atoms. The summed E-state index contributed by atoms with van der Waals surface area (Å²) in [4.78, 5) is 0. The Bertz CT molecular complexity index is 382. The largest absolute Gasteiger partial charge is 0.392 e. The molecule has 2 N–H and O–H groups in total. The van der Waals surface area contributed by atoms with Crippen molar-refractivity contribution in [3.05, 3.63) is 42.1 Å². The van der Waals surface area contributed by atoms with Crippen molar-refractivity contribution in [1.29, 1.82) is 0 Å². The van der Waals surface area contributed by atoms with Crippen LogP contribution in [0, 0.1) is 0 Å². The Balaban J connectivity index is 0.000000531. The van der Waals surface area contributed by atoms with Crippen LogP contribution in [0.15, 0.2) is 36.5 Å². The minimum absolute atomic E-state index is 0.0714. The predicted molar refractivity (Wildman–Crippen MR) is 61.3 cm³/mol. The molecule has 15 heavy (non-hydrogen) atoms. The molecule has 0 spiro atoms. The number of aromatic nitrogens is 2. The summed E-state index contributed by atoms with van der Waals surface area (Å²) in [6.07, 6.45) is 1.71. The fourth-order valence-corrected chi connectivity index (χ4v) is 1.25. The van der Waals surface area contributed by atoms with E-state index in [1.165, 1.54) is 0 Å². The molecule has 3 heteroatoms. The molecule has 0 aliphatic carbocycles. The van der Waals surface area contributed by atoms with Gasteiger partial charge >= 0.3 is 0 Å². The average Bonchev–Trinajstić information content (AvgIpc) is 2.85. The Morgan fingerprint density at radius 2 is 2.07 bits per heavy atom. The molecule has 0 aliphatic rings. The van der Waals surface area contributed by atoms with Gasteiger partial charge in [-0.2, -0.15) is 5.10 Å². The zero-order valence-corrected chi connectivity index (χ0v) is 9.07. The number of aliphatic hydroxyl groups is 1. The third-order valence-corrected chi connectivity index (χ3v) is 1.92. The average molecular weight is 204 g/mol. The number of nitrogens with zero attached hydrogens (tertiary/aromatic N) is 1. The summed E-state index contributed by atoms with van der Waals surface area (Å²) in [5.74, 6) is 0. The number of H-pyrrole nitrogens is 1. The number of benzene rings is 1. The van der Waals surface area contributed by atoms with Crippen LogP contribution in [-0.4, -0.2) is 15.3 Å². The van der Waals surface area contributed by atoms with Gasteiger partial charge in [0.15, 0.2) is 0 Å². The molecule has 0 saturated heterocycles. The topological polar surface area (TPSA) is 48.9 Å². The fraction of sp³-hybridized carbons (Fsp3) is 0.250. The zero-order chi connectivity index (χ0) is 11.1. The first kappa shape index (κ1) is 11.5. The van der Waals surface area contributed by atoms with Crippen molar-refractivity contribution in [3.63, 3.8) is 0 Å². The van der Waals surface area contributed by atoms with Crippen LogP contribution >= 0.6 is 0 Å². The fourth-order valence-electron chi connectivity index (χ4n) is 1.25. The van der Waals surface area contributed by atoms with E-state index in [0.717, 1.165) is 16.8 Å². The zero-order valence-electron chi connectivity index (χ0n) is 9.07. The number of aromatic amines is 1. The standard InChI is InChI=1S/C10H10N2O.C2H6/c13-7-8-2-1-3-9(6-8)10-4-5-11-12-10;1-2/h1-6,13H,7H2,(H,11,12);1-2H3. The van der Waals surface area contributed by atoms with E-state index in [9.17, 15) is 0 Å². The quantitative estimate of drug-likeness (QED) is 0.790. The molecule has 2 rings (SSSR count). The maximum absolute atomic E-state index is 8.93. The summed E-state index contributed by atoms with van der Waals surface area (Å²) in [5.41, 5.74) is 2.92. The van der Waals surface area contributed by atoms with Crippen LogP contribution in [0.5, 0.6) is 0 Å². The predicted octanol–water partition coefficient (Wildman–Crippen LogP) is 2.60. The Morgan fingerprint density at radius 3 is 2.67 bits per heavy atom. The Hall–Kier alpha value is -1.61. The molecule has 0 atom stereocenters. The van der Waals surface area contributed by atoms with Crippen LogP contribution in [0.25, 0.3) is 11.3 Å². The lowest BCUT2D eigenvalue weighted by atomic mass is 10.1. The summed E-state index contributed by atoms with van der Waals surface area (Å²) in [6.45, 7) is 4.07. The molecule has 0 fully saturated rings. The third-order valence-electron chi connectivity index (χ3n) is 1.92. The second kappa shape index (κ2) is 5.98. The summed E-state index contributed by atoms with van der Waals surface area (Å²) in [7, 11) is 0. The number of rotatable bonds is 2. The van der Waals surface area contributed by atoms with Gasteiger partial charge in [-0.25, -0.2) is 0 Å². The summed E-state index contributed by atoms with van der Waals surface area (Å²) in [6, 6.07) is 9.62. The van der Waals surface area contributed by atoms with Gasteiger partial charge in [0.05, 0.1) is 12.3 Å². The van der Waals surface area contributed by atoms with Crippen LogP contribution in [-0.2, 0) is 6.61 Å². The summed E-state index contributed by atoms with van der Waals surface area (Å²) in [5, 5.41) is 15.7. The first-order valence-electron chi connectivity index (χ1n) is 5.09. The molecule has 1 aromatic heterocycles. The molecule has 0 saturated carbocycles. The van der Waals surface area contributed by atoms with E-state index in [4.69, 9.17) is 5.11 Å². The molecular weight excluding hydrogens is 188 g/mol. The van der Waals surface area contributed by atoms with Crippen molar-refractivity contribution in [2.45, 2.75) is 20.5 Å². The molecule has 1 heterocycles. The highest BCUT2D eigenvalue weighted by atomic mass is 16.3. The van der Waals surface area contributed by atoms with Crippen molar-refractivity contribution < 1.29 is 5.11 Å². The lowest BCUT2D eigenvalue weighted by molar-refractivity contribution is 0.282. The second-order valence-electron chi connectivity index (χ2n) is 2.83. The van der Waals surface area contributed by atoms with Crippen LogP contribution in [0.4, 0.5) is 0 Å². The van der Waals surface area contributed by atoms with Crippen LogP contribution in [0.2, 0.25) is 0 Å². The highest BCUT2D eigenvalue weighted by Gasteiger charge is 1.98. The molecule has 3 nitrogen and oxygen atoms in total. The monoisotopic (exact) mass is 204 g/mol. The molecule has 0 aliphatic heterocycles. The van der Waals surface area contributed by atoms with Gasteiger partial charge in [-0.15, -0.1) is 0 Å². The van der Waals surface area contributed by atoms with Crippen molar-refractivity contribution in [1.82, 2.24) is 10.2 Å². The molecule has 80 valence electrons. The van der Waals surface area contributed by atoms with E-state index < -0.39 is 0 Å². The molecule has 0 radical (unpaired) electrons. The van der Waals surface area contributed by atoms with Gasteiger partial charge in [-0.05, 0) is 23.3 Å². The Kier molecular flexibility index (Phi) is 4.57. The van der Waals surface area contributed by atoms with E-state index in [2.05, 4.69) is 10.2 Å². The van der Waals surface area contributed by atoms with Crippen molar-refractivity contribution in [3.8, 4) is 11.3 Å². The smallest absolute Gasteiger partial charge is 0.0682 e. The van der Waals surface area contributed by atoms with Gasteiger partial charge in [-0.1, -0.05) is 32.0 Å². The molecular formula is C12H16N2O. The van der Waals surface area contributed by atoms with Gasteiger partial charge in [-0.3, -0.25) is 5.10 Å². The number of aliphatic hydroxyl groups excluding tert-OH is 1. The SMILES string of the molecule is CC.OCc1cccc(-c2ccn[nH]2)c1.